The van der Waals surface area contributed by atoms with Gasteiger partial charge in [0.05, 0.1) is 28.6 Å². The largest absolute Gasteiger partial charge is 0.440 e. The van der Waals surface area contributed by atoms with Crippen LogP contribution in [-0.2, 0) is 0 Å². The molecule has 0 fully saturated rings. The van der Waals surface area contributed by atoms with Gasteiger partial charge < -0.3 is 10.5 Å². The molecule has 21 heavy (non-hydrogen) atoms. The van der Waals surface area contributed by atoms with Crippen LogP contribution in [0.2, 0.25) is 0 Å². The zero-order valence-corrected chi connectivity index (χ0v) is 10.5. The molecule has 2 rings (SSSR count). The Labute approximate surface area is 119 Å². The average Bonchev–Trinajstić information content (AvgIpc) is 2.47. The molecule has 0 radical (unpaired) electrons. The smallest absolute Gasteiger partial charge is 0.269 e. The number of rotatable bonds is 2. The lowest BCUT2D eigenvalue weighted by molar-refractivity contribution is -0.385. The van der Waals surface area contributed by atoms with Crippen LogP contribution in [0.3, 0.4) is 0 Å². The summed E-state index contributed by atoms with van der Waals surface area (Å²) >= 11 is 0. The standard InChI is InChI=1S/C13H7N5O3/c14-4-7(5-15)12-9-3-8(18(19)20)1-2-11(9)21-13(17)10(12)6-16/h1-3,7,12H,17H2. The first-order chi connectivity index (χ1) is 10.0. The van der Waals surface area contributed by atoms with E-state index < -0.39 is 16.8 Å². The lowest BCUT2D eigenvalue weighted by atomic mass is 9.80. The van der Waals surface area contributed by atoms with E-state index in [-0.39, 0.29) is 28.5 Å². The molecule has 1 unspecified atom stereocenters. The summed E-state index contributed by atoms with van der Waals surface area (Å²) in [4.78, 5) is 10.2. The Morgan fingerprint density at radius 2 is 2.00 bits per heavy atom. The first-order valence-electron chi connectivity index (χ1n) is 5.68. The van der Waals surface area contributed by atoms with Crippen LogP contribution < -0.4 is 10.5 Å². The van der Waals surface area contributed by atoms with Gasteiger partial charge in [-0.1, -0.05) is 0 Å². The summed E-state index contributed by atoms with van der Waals surface area (Å²) in [7, 11) is 0. The molecule has 0 spiro atoms. The van der Waals surface area contributed by atoms with Crippen molar-refractivity contribution in [3.05, 3.63) is 45.3 Å². The Hall–Kier alpha value is -3.57. The van der Waals surface area contributed by atoms with Gasteiger partial charge in [-0.2, -0.15) is 15.8 Å². The van der Waals surface area contributed by atoms with E-state index in [9.17, 15) is 10.1 Å². The molecule has 1 atom stereocenters. The lowest BCUT2D eigenvalue weighted by Crippen LogP contribution is -2.24. The number of ether oxygens (including phenoxy) is 1. The third-order valence-electron chi connectivity index (χ3n) is 3.07. The van der Waals surface area contributed by atoms with Gasteiger partial charge in [-0.15, -0.1) is 0 Å². The number of allylic oxidation sites excluding steroid dienone is 1. The lowest BCUT2D eigenvalue weighted by Gasteiger charge is -2.26. The molecule has 1 aliphatic rings. The Bertz CT molecular complexity index is 764. The van der Waals surface area contributed by atoms with Gasteiger partial charge in [0.1, 0.15) is 17.7 Å². The second-order valence-electron chi connectivity index (χ2n) is 4.18. The fourth-order valence-electron chi connectivity index (χ4n) is 2.12. The normalized spacial score (nSPS) is 16.2. The number of hydrogen-bond donors (Lipinski definition) is 1. The number of nitriles is 3. The summed E-state index contributed by atoms with van der Waals surface area (Å²) in [6.45, 7) is 0. The third kappa shape index (κ3) is 2.20. The van der Waals surface area contributed by atoms with Gasteiger partial charge in [0.2, 0.25) is 5.88 Å². The van der Waals surface area contributed by atoms with E-state index >= 15 is 0 Å². The van der Waals surface area contributed by atoms with E-state index in [2.05, 4.69) is 0 Å². The van der Waals surface area contributed by atoms with E-state index in [1.807, 2.05) is 0 Å². The summed E-state index contributed by atoms with van der Waals surface area (Å²) in [5.74, 6) is -2.20. The van der Waals surface area contributed by atoms with Gasteiger partial charge in [-0.05, 0) is 6.07 Å². The third-order valence-corrected chi connectivity index (χ3v) is 3.07. The number of fused-ring (bicyclic) bond motifs is 1. The number of nitrogens with zero attached hydrogens (tertiary/aromatic N) is 4. The van der Waals surface area contributed by atoms with Gasteiger partial charge >= 0.3 is 0 Å². The average molecular weight is 281 g/mol. The van der Waals surface area contributed by atoms with Gasteiger partial charge in [0.25, 0.3) is 5.69 Å². The first-order valence-corrected chi connectivity index (χ1v) is 5.68. The summed E-state index contributed by atoms with van der Waals surface area (Å²) in [5.41, 5.74) is 5.53. The monoisotopic (exact) mass is 281 g/mol. The van der Waals surface area contributed by atoms with E-state index in [1.54, 1.807) is 18.2 Å². The van der Waals surface area contributed by atoms with Crippen LogP contribution in [0.25, 0.3) is 0 Å². The predicted molar refractivity (Wildman–Crippen MR) is 68.0 cm³/mol. The van der Waals surface area contributed by atoms with Crippen molar-refractivity contribution >= 4 is 5.69 Å². The molecule has 0 bridgehead atoms. The molecular weight excluding hydrogens is 274 g/mol. The summed E-state index contributed by atoms with van der Waals surface area (Å²) in [6, 6.07) is 9.07. The maximum atomic E-state index is 10.9. The zero-order chi connectivity index (χ0) is 15.6. The highest BCUT2D eigenvalue weighted by atomic mass is 16.6. The van der Waals surface area contributed by atoms with Gasteiger partial charge in [-0.25, -0.2) is 0 Å². The Morgan fingerprint density at radius 1 is 1.33 bits per heavy atom. The Morgan fingerprint density at radius 3 is 2.52 bits per heavy atom. The molecule has 1 aromatic rings. The number of nitro groups is 1. The molecular formula is C13H7N5O3. The summed E-state index contributed by atoms with van der Waals surface area (Å²) < 4.78 is 5.23. The highest BCUT2D eigenvalue weighted by Crippen LogP contribution is 2.43. The van der Waals surface area contributed by atoms with Crippen LogP contribution in [0.15, 0.2) is 29.7 Å². The SMILES string of the molecule is N#CC1=C(N)Oc2ccc([N+](=O)[O-])cc2C1C(C#N)C#N. The molecule has 8 nitrogen and oxygen atoms in total. The van der Waals surface area contributed by atoms with E-state index in [0.717, 1.165) is 0 Å². The van der Waals surface area contributed by atoms with Crippen molar-refractivity contribution in [2.24, 2.45) is 11.7 Å². The van der Waals surface area contributed by atoms with Gasteiger partial charge in [-0.3, -0.25) is 10.1 Å². The second-order valence-corrected chi connectivity index (χ2v) is 4.18. The molecule has 0 saturated carbocycles. The van der Waals surface area contributed by atoms with E-state index in [4.69, 9.17) is 26.3 Å². The molecule has 102 valence electrons. The molecule has 1 aliphatic heterocycles. The molecule has 1 aromatic carbocycles. The fraction of sp³-hybridized carbons (Fsp3) is 0.154. The summed E-state index contributed by atoms with van der Waals surface area (Å²) in [6.07, 6.45) is 0. The first kappa shape index (κ1) is 13.9. The molecule has 1 heterocycles. The van der Waals surface area contributed by atoms with Gasteiger partial charge in [0, 0.05) is 17.7 Å². The molecule has 0 aliphatic carbocycles. The number of benzene rings is 1. The van der Waals surface area contributed by atoms with E-state index in [0.29, 0.717) is 0 Å². The number of non-ortho nitro benzene ring substituents is 1. The molecule has 0 saturated heterocycles. The Kier molecular flexibility index (Phi) is 3.43. The van der Waals surface area contributed by atoms with Crippen LogP contribution >= 0.6 is 0 Å². The van der Waals surface area contributed by atoms with Crippen molar-refractivity contribution in [2.45, 2.75) is 5.92 Å². The van der Waals surface area contributed by atoms with Gasteiger partial charge in [0.15, 0.2) is 0 Å². The van der Waals surface area contributed by atoms with Crippen molar-refractivity contribution < 1.29 is 9.66 Å². The minimum absolute atomic E-state index is 0.0869. The maximum Gasteiger partial charge on any atom is 0.269 e. The molecule has 0 amide bonds. The Balaban J connectivity index is 2.70. The topological polar surface area (TPSA) is 150 Å². The number of hydrogen-bond acceptors (Lipinski definition) is 7. The second kappa shape index (κ2) is 5.20. The highest BCUT2D eigenvalue weighted by Gasteiger charge is 2.36. The zero-order valence-electron chi connectivity index (χ0n) is 10.5. The van der Waals surface area contributed by atoms with Crippen molar-refractivity contribution in [3.63, 3.8) is 0 Å². The molecule has 0 aromatic heterocycles. The summed E-state index contributed by atoms with van der Waals surface area (Å²) in [5, 5.41) is 38.1. The minimum atomic E-state index is -1.21. The van der Waals surface area contributed by atoms with Crippen LogP contribution in [0, 0.1) is 50.0 Å². The predicted octanol–water partition coefficient (Wildman–Crippen LogP) is 1.43. The van der Waals surface area contributed by atoms with Crippen molar-refractivity contribution in [1.29, 1.82) is 15.8 Å². The van der Waals surface area contributed by atoms with Crippen LogP contribution in [0.5, 0.6) is 5.75 Å². The molecule has 8 heteroatoms. The van der Waals surface area contributed by atoms with Crippen molar-refractivity contribution in [1.82, 2.24) is 0 Å². The minimum Gasteiger partial charge on any atom is -0.440 e. The van der Waals surface area contributed by atoms with Crippen molar-refractivity contribution in [2.75, 3.05) is 0 Å². The number of nitro benzene ring substituents is 1. The quantitative estimate of drug-likeness (QED) is 0.635. The van der Waals surface area contributed by atoms with Crippen LogP contribution in [-0.4, -0.2) is 4.92 Å². The molecule has 2 N–H and O–H groups in total. The van der Waals surface area contributed by atoms with Crippen LogP contribution in [0.4, 0.5) is 5.69 Å². The highest BCUT2D eigenvalue weighted by molar-refractivity contribution is 5.55. The van der Waals surface area contributed by atoms with Crippen molar-refractivity contribution in [3.8, 4) is 24.0 Å². The number of nitrogens with two attached hydrogens (primary N) is 1. The maximum absolute atomic E-state index is 10.9. The van der Waals surface area contributed by atoms with E-state index in [1.165, 1.54) is 18.2 Å². The van der Waals surface area contributed by atoms with Crippen LogP contribution in [0.1, 0.15) is 11.5 Å². The fourth-order valence-corrected chi connectivity index (χ4v) is 2.12.